The van der Waals surface area contributed by atoms with Gasteiger partial charge in [-0.1, -0.05) is 30.3 Å². The summed E-state index contributed by atoms with van der Waals surface area (Å²) in [6.07, 6.45) is 3.13. The van der Waals surface area contributed by atoms with Gasteiger partial charge in [-0.3, -0.25) is 9.69 Å². The van der Waals surface area contributed by atoms with E-state index in [1.54, 1.807) is 18.4 Å². The second-order valence-corrected chi connectivity index (χ2v) is 8.34. The lowest BCUT2D eigenvalue weighted by molar-refractivity contribution is -0.123. The van der Waals surface area contributed by atoms with Crippen molar-refractivity contribution in [3.63, 3.8) is 0 Å². The summed E-state index contributed by atoms with van der Waals surface area (Å²) in [5, 5.41) is 13.5. The van der Waals surface area contributed by atoms with E-state index in [1.165, 1.54) is 11.1 Å². The van der Waals surface area contributed by atoms with Gasteiger partial charge in [-0.2, -0.15) is 0 Å². The normalized spacial score (nSPS) is 15.9. The fraction of sp³-hybridized carbons (Fsp3) is 0.409. The molecule has 0 unspecified atom stereocenters. The van der Waals surface area contributed by atoms with Gasteiger partial charge in [0.05, 0.1) is 30.6 Å². The minimum Gasteiger partial charge on any atom is -0.419 e. The summed E-state index contributed by atoms with van der Waals surface area (Å²) in [5.74, 6) is 0.992. The molecule has 1 aliphatic carbocycles. The molecule has 4 rings (SSSR count). The zero-order chi connectivity index (χ0) is 20.8. The quantitative estimate of drug-likeness (QED) is 0.565. The van der Waals surface area contributed by atoms with Crippen LogP contribution in [0.15, 0.2) is 46.2 Å². The average molecular weight is 427 g/mol. The van der Waals surface area contributed by atoms with Gasteiger partial charge in [-0.15, -0.1) is 21.5 Å². The van der Waals surface area contributed by atoms with E-state index in [0.29, 0.717) is 31.5 Å². The molecule has 0 saturated carbocycles. The molecule has 2 aromatic heterocycles. The summed E-state index contributed by atoms with van der Waals surface area (Å²) < 4.78 is 11.0. The minimum absolute atomic E-state index is 0.00852. The molecule has 8 heteroatoms. The molecule has 2 heterocycles. The lowest BCUT2D eigenvalue weighted by atomic mass is 9.88. The van der Waals surface area contributed by atoms with E-state index in [2.05, 4.69) is 33.7 Å². The van der Waals surface area contributed by atoms with Crippen LogP contribution in [0, 0.1) is 0 Å². The highest BCUT2D eigenvalue weighted by molar-refractivity contribution is 7.13. The van der Waals surface area contributed by atoms with E-state index in [-0.39, 0.29) is 18.5 Å². The highest BCUT2D eigenvalue weighted by Gasteiger charge is 2.23. The number of benzene rings is 1. The average Bonchev–Trinajstić information content (AvgIpc) is 3.44. The van der Waals surface area contributed by atoms with Crippen LogP contribution in [0.1, 0.15) is 35.9 Å². The molecule has 0 aliphatic heterocycles. The molecule has 158 valence electrons. The van der Waals surface area contributed by atoms with Crippen molar-refractivity contribution in [2.45, 2.75) is 31.8 Å². The third-order valence-electron chi connectivity index (χ3n) is 5.24. The van der Waals surface area contributed by atoms with Crippen LogP contribution in [0.25, 0.3) is 10.8 Å². The number of ether oxygens (including phenoxy) is 1. The Balaban J connectivity index is 1.39. The van der Waals surface area contributed by atoms with Crippen LogP contribution in [0.4, 0.5) is 0 Å². The van der Waals surface area contributed by atoms with Crippen molar-refractivity contribution >= 4 is 17.2 Å². The first-order valence-corrected chi connectivity index (χ1v) is 11.1. The smallest absolute Gasteiger partial charge is 0.257 e. The van der Waals surface area contributed by atoms with Gasteiger partial charge in [-0.25, -0.2) is 0 Å². The fourth-order valence-corrected chi connectivity index (χ4v) is 4.43. The molecule has 0 fully saturated rings. The van der Waals surface area contributed by atoms with Crippen LogP contribution in [-0.2, 0) is 22.5 Å². The second-order valence-electron chi connectivity index (χ2n) is 7.39. The predicted molar refractivity (Wildman–Crippen MR) is 115 cm³/mol. The van der Waals surface area contributed by atoms with E-state index >= 15 is 0 Å². The Morgan fingerprint density at radius 2 is 2.20 bits per heavy atom. The number of aryl methyl sites for hydroxylation is 1. The number of fused-ring (bicyclic) bond motifs is 1. The Bertz CT molecular complexity index is 957. The standard InChI is InChI=1S/C22H26N4O3S/c1-28-12-11-26(15-21-24-25-22(29-21)19-10-5-13-30-19)14-20(27)23-18-9-4-7-16-6-2-3-8-17(16)18/h2-3,5-6,8,10,13,18H,4,7,9,11-12,14-15H2,1H3,(H,23,27)/t18-/m0/s1. The van der Waals surface area contributed by atoms with Gasteiger partial charge in [0.2, 0.25) is 11.8 Å². The van der Waals surface area contributed by atoms with Crippen LogP contribution in [0.3, 0.4) is 0 Å². The predicted octanol–water partition coefficient (Wildman–Crippen LogP) is 3.44. The van der Waals surface area contributed by atoms with E-state index in [0.717, 1.165) is 24.1 Å². The van der Waals surface area contributed by atoms with Crippen molar-refractivity contribution in [3.05, 3.63) is 58.8 Å². The number of nitrogens with one attached hydrogen (secondary N) is 1. The highest BCUT2D eigenvalue weighted by Crippen LogP contribution is 2.29. The second kappa shape index (κ2) is 9.97. The van der Waals surface area contributed by atoms with Gasteiger partial charge >= 0.3 is 0 Å². The summed E-state index contributed by atoms with van der Waals surface area (Å²) >= 11 is 1.55. The Hall–Kier alpha value is -2.55. The highest BCUT2D eigenvalue weighted by atomic mass is 32.1. The van der Waals surface area contributed by atoms with E-state index in [1.807, 2.05) is 28.5 Å². The molecule has 1 atom stereocenters. The molecule has 1 amide bonds. The molecule has 0 radical (unpaired) electrons. The molecule has 1 N–H and O–H groups in total. The van der Waals surface area contributed by atoms with Crippen molar-refractivity contribution in [1.29, 1.82) is 0 Å². The number of hydrogen-bond acceptors (Lipinski definition) is 7. The topological polar surface area (TPSA) is 80.5 Å². The van der Waals surface area contributed by atoms with Gasteiger partial charge in [0.25, 0.3) is 5.89 Å². The maximum Gasteiger partial charge on any atom is 0.257 e. The Kier molecular flexibility index (Phi) is 6.88. The third kappa shape index (κ3) is 5.13. The van der Waals surface area contributed by atoms with Crippen molar-refractivity contribution in [1.82, 2.24) is 20.4 Å². The van der Waals surface area contributed by atoms with Gasteiger partial charge < -0.3 is 14.5 Å². The summed E-state index contributed by atoms with van der Waals surface area (Å²) in [5.41, 5.74) is 2.57. The number of rotatable bonds is 9. The third-order valence-corrected chi connectivity index (χ3v) is 6.10. The molecule has 0 spiro atoms. The molecule has 1 aromatic carbocycles. The van der Waals surface area contributed by atoms with E-state index in [9.17, 15) is 4.79 Å². The number of hydrogen-bond donors (Lipinski definition) is 1. The zero-order valence-corrected chi connectivity index (χ0v) is 17.9. The maximum atomic E-state index is 12.8. The SMILES string of the molecule is COCCN(CC(=O)N[C@H]1CCCc2ccccc21)Cc1nnc(-c2cccs2)o1. The molecule has 0 bridgehead atoms. The van der Waals surface area contributed by atoms with Gasteiger partial charge in [0.15, 0.2) is 0 Å². The number of carbonyl (C=O) groups excluding carboxylic acids is 1. The summed E-state index contributed by atoms with van der Waals surface area (Å²) in [4.78, 5) is 15.7. The van der Waals surface area contributed by atoms with Gasteiger partial charge in [0, 0.05) is 13.7 Å². The number of aromatic nitrogens is 2. The van der Waals surface area contributed by atoms with Crippen LogP contribution in [0.2, 0.25) is 0 Å². The van der Waals surface area contributed by atoms with Crippen molar-refractivity contribution in [2.24, 2.45) is 0 Å². The molecule has 3 aromatic rings. The van der Waals surface area contributed by atoms with Crippen LogP contribution in [-0.4, -0.2) is 47.8 Å². The number of thiophene rings is 1. The van der Waals surface area contributed by atoms with Gasteiger partial charge in [0.1, 0.15) is 0 Å². The fourth-order valence-electron chi connectivity index (χ4n) is 3.79. The molecular weight excluding hydrogens is 400 g/mol. The number of carbonyl (C=O) groups is 1. The first-order valence-electron chi connectivity index (χ1n) is 10.2. The number of nitrogens with zero attached hydrogens (tertiary/aromatic N) is 3. The lowest BCUT2D eigenvalue weighted by Gasteiger charge is -2.27. The first-order chi connectivity index (χ1) is 14.7. The van der Waals surface area contributed by atoms with E-state index in [4.69, 9.17) is 9.15 Å². The van der Waals surface area contributed by atoms with E-state index < -0.39 is 0 Å². The summed E-state index contributed by atoms with van der Waals surface area (Å²) in [6, 6.07) is 12.3. The van der Waals surface area contributed by atoms with Crippen molar-refractivity contribution in [2.75, 3.05) is 26.8 Å². The van der Waals surface area contributed by atoms with Gasteiger partial charge in [-0.05, 0) is 41.8 Å². The summed E-state index contributed by atoms with van der Waals surface area (Å²) in [6.45, 7) is 1.77. The molecule has 0 saturated heterocycles. The van der Waals surface area contributed by atoms with Crippen molar-refractivity contribution < 1.29 is 13.9 Å². The lowest BCUT2D eigenvalue weighted by Crippen LogP contribution is -2.40. The summed E-state index contributed by atoms with van der Waals surface area (Å²) in [7, 11) is 1.65. The first kappa shape index (κ1) is 20.7. The zero-order valence-electron chi connectivity index (χ0n) is 17.0. The largest absolute Gasteiger partial charge is 0.419 e. The van der Waals surface area contributed by atoms with Crippen LogP contribution in [0.5, 0.6) is 0 Å². The van der Waals surface area contributed by atoms with Crippen LogP contribution < -0.4 is 5.32 Å². The molecular formula is C22H26N4O3S. The minimum atomic E-state index is -0.00852. The number of methoxy groups -OCH3 is 1. The maximum absolute atomic E-state index is 12.8. The molecule has 30 heavy (non-hydrogen) atoms. The molecule has 7 nitrogen and oxygen atoms in total. The number of amides is 1. The monoisotopic (exact) mass is 426 g/mol. The van der Waals surface area contributed by atoms with Crippen LogP contribution >= 0.6 is 11.3 Å². The van der Waals surface area contributed by atoms with Crippen molar-refractivity contribution in [3.8, 4) is 10.8 Å². The molecule has 1 aliphatic rings. The Labute approximate surface area is 180 Å². The Morgan fingerprint density at radius 1 is 1.30 bits per heavy atom. The Morgan fingerprint density at radius 3 is 3.03 bits per heavy atom.